The van der Waals surface area contributed by atoms with Gasteiger partial charge in [-0.1, -0.05) is 28.1 Å². The van der Waals surface area contributed by atoms with Crippen molar-refractivity contribution >= 4 is 15.9 Å². The van der Waals surface area contributed by atoms with Crippen LogP contribution in [0, 0.1) is 0 Å². The molecule has 12 heteroatoms. The maximum absolute atomic E-state index is 11.3. The van der Waals surface area contributed by atoms with Crippen LogP contribution < -0.4 is 0 Å². The second kappa shape index (κ2) is 13.1. The average molecular weight is 770 g/mol. The van der Waals surface area contributed by atoms with Gasteiger partial charge in [0, 0.05) is 45.1 Å². The van der Waals surface area contributed by atoms with Gasteiger partial charge >= 0.3 is 0 Å². The zero-order chi connectivity index (χ0) is 35.3. The number of fused-ring (bicyclic) bond motifs is 7. The van der Waals surface area contributed by atoms with Crippen LogP contribution in [-0.2, 0) is 37.9 Å². The molecular weight excluding hydrogens is 712 g/mol. The van der Waals surface area contributed by atoms with Gasteiger partial charge in [-0.3, -0.25) is 0 Å². The molecule has 8 heterocycles. The highest BCUT2D eigenvalue weighted by molar-refractivity contribution is 9.11. The molecule has 7 saturated heterocycles. The lowest BCUT2D eigenvalue weighted by Crippen LogP contribution is -2.72. The van der Waals surface area contributed by atoms with Gasteiger partial charge in [0.2, 0.25) is 0 Å². The quantitative estimate of drug-likeness (QED) is 0.356. The van der Waals surface area contributed by atoms with E-state index in [-0.39, 0.29) is 73.8 Å². The lowest BCUT2D eigenvalue weighted by atomic mass is 9.72. The first-order valence-electron chi connectivity index (χ1n) is 19.0. The van der Waals surface area contributed by atoms with Crippen molar-refractivity contribution in [1.82, 2.24) is 0 Å². The highest BCUT2D eigenvalue weighted by atomic mass is 79.9. The van der Waals surface area contributed by atoms with Crippen molar-refractivity contribution in [2.24, 2.45) is 0 Å². The molecule has 0 saturated carbocycles. The van der Waals surface area contributed by atoms with Crippen molar-refractivity contribution in [1.29, 1.82) is 0 Å². The summed E-state index contributed by atoms with van der Waals surface area (Å²) >= 11 is 3.35. The minimum Gasteiger partial charge on any atom is -0.396 e. The summed E-state index contributed by atoms with van der Waals surface area (Å²) in [5, 5.41) is 31.8. The van der Waals surface area contributed by atoms with Crippen molar-refractivity contribution in [2.45, 2.75) is 206 Å². The maximum atomic E-state index is 11.3. The SMILES string of the molecule is C[C@@]12O[C@]3(C)C[C@@H]4O[C@@H]5CC[C@@H]6O[C@@H]7C[C@@H]8O[C@H](/C=C\Br)[C@@](C)(O)C=C[C@H]8O[C@@]7(C)C[C@@]6(C)O[C@H]5C[C@H]4O[C@H]3C[C@H]1O[C@@H](CCCO)C[C@@H]2O. The Morgan fingerprint density at radius 2 is 1.54 bits per heavy atom. The van der Waals surface area contributed by atoms with E-state index in [9.17, 15) is 15.3 Å². The summed E-state index contributed by atoms with van der Waals surface area (Å²) in [6, 6.07) is 0. The minimum atomic E-state index is -1.16. The van der Waals surface area contributed by atoms with Crippen LogP contribution in [0.5, 0.6) is 0 Å². The van der Waals surface area contributed by atoms with Gasteiger partial charge in [-0.05, 0) is 71.4 Å². The van der Waals surface area contributed by atoms with E-state index in [0.29, 0.717) is 51.4 Å². The van der Waals surface area contributed by atoms with Crippen LogP contribution in [0.1, 0.15) is 98.8 Å². The molecule has 7 fully saturated rings. The fourth-order valence-corrected chi connectivity index (χ4v) is 11.0. The van der Waals surface area contributed by atoms with Crippen LogP contribution in [-0.4, -0.2) is 129 Å². The zero-order valence-electron chi connectivity index (χ0n) is 30.1. The Morgan fingerprint density at radius 3 is 2.32 bits per heavy atom. The molecule has 0 amide bonds. The van der Waals surface area contributed by atoms with Crippen LogP contribution in [0.3, 0.4) is 0 Å². The van der Waals surface area contributed by atoms with Crippen LogP contribution in [0.15, 0.2) is 23.2 Å². The third kappa shape index (κ3) is 6.23. The number of aliphatic hydroxyl groups excluding tert-OH is 2. The van der Waals surface area contributed by atoms with E-state index in [1.54, 1.807) is 18.0 Å². The van der Waals surface area contributed by atoms with E-state index in [2.05, 4.69) is 36.7 Å². The monoisotopic (exact) mass is 768 g/mol. The molecule has 0 aliphatic carbocycles. The van der Waals surface area contributed by atoms with Crippen LogP contribution in [0.4, 0.5) is 0 Å². The predicted octanol–water partition coefficient (Wildman–Crippen LogP) is 4.16. The van der Waals surface area contributed by atoms with Crippen molar-refractivity contribution < 1.29 is 53.2 Å². The Hall–Kier alpha value is -0.480. The number of aliphatic hydroxyl groups is 3. The summed E-state index contributed by atoms with van der Waals surface area (Å²) in [6.45, 7) is 10.2. The van der Waals surface area contributed by atoms with Crippen molar-refractivity contribution in [2.75, 3.05) is 6.61 Å². The lowest BCUT2D eigenvalue weighted by molar-refractivity contribution is -0.369. The first-order valence-corrected chi connectivity index (χ1v) is 19.9. The fourth-order valence-electron chi connectivity index (χ4n) is 10.7. The molecule has 8 rings (SSSR count). The van der Waals surface area contributed by atoms with E-state index >= 15 is 0 Å². The molecule has 0 spiro atoms. The van der Waals surface area contributed by atoms with Gasteiger partial charge in [0.25, 0.3) is 0 Å². The Morgan fingerprint density at radius 1 is 0.760 bits per heavy atom. The van der Waals surface area contributed by atoms with Crippen molar-refractivity contribution in [3.63, 3.8) is 0 Å². The minimum absolute atomic E-state index is 0.0963. The molecule has 18 atom stereocenters. The van der Waals surface area contributed by atoms with Gasteiger partial charge in [0.15, 0.2) is 0 Å². The van der Waals surface area contributed by atoms with Gasteiger partial charge in [-0.2, -0.15) is 0 Å². The van der Waals surface area contributed by atoms with Crippen LogP contribution in [0.25, 0.3) is 0 Å². The van der Waals surface area contributed by atoms with Gasteiger partial charge in [-0.15, -0.1) is 0 Å². The van der Waals surface area contributed by atoms with Crippen LogP contribution in [0.2, 0.25) is 0 Å². The summed E-state index contributed by atoms with van der Waals surface area (Å²) < 4.78 is 54.5. The highest BCUT2D eigenvalue weighted by Gasteiger charge is 2.64. The fraction of sp³-hybridized carbons (Fsp3) is 0.895. The zero-order valence-corrected chi connectivity index (χ0v) is 31.7. The first kappa shape index (κ1) is 36.5. The first-order chi connectivity index (χ1) is 23.7. The van der Waals surface area contributed by atoms with E-state index in [4.69, 9.17) is 37.9 Å². The molecule has 3 N–H and O–H groups in total. The van der Waals surface area contributed by atoms with Gasteiger partial charge in [0.05, 0.1) is 83.9 Å². The number of halogens is 1. The molecule has 0 aromatic carbocycles. The van der Waals surface area contributed by atoms with Crippen LogP contribution >= 0.6 is 15.9 Å². The molecule has 0 bridgehead atoms. The van der Waals surface area contributed by atoms with Gasteiger partial charge < -0.3 is 53.2 Å². The molecule has 0 radical (unpaired) electrons. The van der Waals surface area contributed by atoms with Gasteiger partial charge in [0.1, 0.15) is 23.4 Å². The Balaban J connectivity index is 0.969. The third-order valence-corrected chi connectivity index (χ3v) is 13.8. The van der Waals surface area contributed by atoms with Crippen molar-refractivity contribution in [3.05, 3.63) is 23.2 Å². The lowest BCUT2D eigenvalue weighted by Gasteiger charge is -2.61. The highest BCUT2D eigenvalue weighted by Crippen LogP contribution is 2.54. The molecule has 282 valence electrons. The largest absolute Gasteiger partial charge is 0.396 e. The van der Waals surface area contributed by atoms with E-state index in [1.807, 2.05) is 19.1 Å². The molecule has 0 unspecified atom stereocenters. The molecule has 0 aromatic heterocycles. The number of ether oxygens (including phenoxy) is 8. The Labute approximate surface area is 304 Å². The third-order valence-electron chi connectivity index (χ3n) is 13.5. The normalized spacial score (nSPS) is 57.5. The molecule has 8 aliphatic rings. The average Bonchev–Trinajstić information content (AvgIpc) is 3.24. The second-order valence-corrected chi connectivity index (χ2v) is 18.0. The molecule has 8 aliphatic heterocycles. The maximum Gasteiger partial charge on any atom is 0.118 e. The standard InChI is InChI=1S/C38H57BrO11/c1-34(42)12-10-23-25(45-29(34)11-13-39)17-31-37(4,48-23)20-36(3)30(47-31)9-8-22-26(49-36)16-24-27(44-22)19-35(2)32(46-24)18-33-38(5,50-35)28(41)15-21(43-33)7-6-14-40/h10-13,21-33,40-42H,6-9,14-20H2,1-5H3/b13-11-/t21-,22+,23+,24+,25-,26-,27-,28-,29+,30-,31+,32-,33+,34-,35+,36+,37-,38-/m0/s1. The number of rotatable bonds is 4. The van der Waals surface area contributed by atoms with Crippen molar-refractivity contribution in [3.8, 4) is 0 Å². The smallest absolute Gasteiger partial charge is 0.118 e. The molecule has 50 heavy (non-hydrogen) atoms. The second-order valence-electron chi connectivity index (χ2n) is 17.5. The summed E-state index contributed by atoms with van der Waals surface area (Å²) in [7, 11) is 0. The van der Waals surface area contributed by atoms with E-state index < -0.39 is 40.2 Å². The summed E-state index contributed by atoms with van der Waals surface area (Å²) in [4.78, 5) is 1.73. The van der Waals surface area contributed by atoms with E-state index in [1.165, 1.54) is 0 Å². The number of hydrogen-bond acceptors (Lipinski definition) is 11. The molecule has 0 aromatic rings. The molecular formula is C38H57BrO11. The van der Waals surface area contributed by atoms with E-state index in [0.717, 1.165) is 12.8 Å². The summed E-state index contributed by atoms with van der Waals surface area (Å²) in [6.07, 6.45) is 9.12. The summed E-state index contributed by atoms with van der Waals surface area (Å²) in [5.74, 6) is 0. The Kier molecular flexibility index (Phi) is 9.55. The molecule has 11 nitrogen and oxygen atoms in total. The predicted molar refractivity (Wildman–Crippen MR) is 185 cm³/mol. The number of hydrogen-bond donors (Lipinski definition) is 3. The van der Waals surface area contributed by atoms with Gasteiger partial charge in [-0.25, -0.2) is 0 Å². The topological polar surface area (TPSA) is 135 Å². The Bertz CT molecular complexity index is 1330. The summed E-state index contributed by atoms with van der Waals surface area (Å²) in [5.41, 5.74) is -3.83.